The second-order valence-corrected chi connectivity index (χ2v) is 8.17. The molecule has 3 heterocycles. The highest BCUT2D eigenvalue weighted by Crippen LogP contribution is 2.28. The lowest BCUT2D eigenvalue weighted by atomic mass is 10.1. The van der Waals surface area contributed by atoms with E-state index < -0.39 is 5.97 Å². The molecule has 1 unspecified atom stereocenters. The summed E-state index contributed by atoms with van der Waals surface area (Å²) >= 11 is 4.87. The third-order valence-corrected chi connectivity index (χ3v) is 6.60. The Morgan fingerprint density at radius 1 is 1.39 bits per heavy atom. The van der Waals surface area contributed by atoms with E-state index in [9.17, 15) is 9.59 Å². The number of aliphatic carboxylic acids is 1. The Morgan fingerprint density at radius 3 is 3.00 bits per heavy atom. The molecule has 0 spiro atoms. The summed E-state index contributed by atoms with van der Waals surface area (Å²) in [5.41, 5.74) is 0.760. The average molecular weight is 369 g/mol. The minimum absolute atomic E-state index is 0.0102. The first-order valence-electron chi connectivity index (χ1n) is 7.21. The Kier molecular flexibility index (Phi) is 5.34. The van der Waals surface area contributed by atoms with E-state index >= 15 is 0 Å². The first-order valence-corrected chi connectivity index (χ1v) is 10.1. The lowest BCUT2D eigenvalue weighted by Gasteiger charge is -2.34. The predicted octanol–water partition coefficient (Wildman–Crippen LogP) is 2.83. The van der Waals surface area contributed by atoms with Crippen molar-refractivity contribution in [3.63, 3.8) is 0 Å². The highest BCUT2D eigenvalue weighted by atomic mass is 32.2. The minimum atomic E-state index is -0.857. The number of rotatable bonds is 5. The van der Waals surface area contributed by atoms with Crippen LogP contribution in [0.4, 0.5) is 0 Å². The molecule has 2 aromatic rings. The van der Waals surface area contributed by atoms with Crippen LogP contribution < -0.4 is 0 Å². The zero-order chi connectivity index (χ0) is 16.2. The first-order chi connectivity index (χ1) is 11.1. The number of carbonyl (C=O) groups excluding carboxylic acids is 1. The van der Waals surface area contributed by atoms with Gasteiger partial charge in [0.15, 0.2) is 0 Å². The van der Waals surface area contributed by atoms with Gasteiger partial charge in [-0.3, -0.25) is 9.59 Å². The monoisotopic (exact) mass is 368 g/mol. The molecule has 1 atom stereocenters. The van der Waals surface area contributed by atoms with Gasteiger partial charge in [-0.05, 0) is 11.4 Å². The Labute approximate surface area is 146 Å². The minimum Gasteiger partial charge on any atom is -0.481 e. The van der Waals surface area contributed by atoms with Crippen LogP contribution in [-0.2, 0) is 16.0 Å². The highest BCUT2D eigenvalue weighted by molar-refractivity contribution is 7.99. The Balaban J connectivity index is 1.67. The first kappa shape index (κ1) is 16.5. The maximum atomic E-state index is 12.5. The van der Waals surface area contributed by atoms with Crippen molar-refractivity contribution in [1.82, 2.24) is 9.88 Å². The van der Waals surface area contributed by atoms with Gasteiger partial charge in [-0.15, -0.1) is 22.7 Å². The zero-order valence-electron chi connectivity index (χ0n) is 12.3. The lowest BCUT2D eigenvalue weighted by molar-refractivity contribution is -0.140. The molecule has 0 aromatic carbocycles. The van der Waals surface area contributed by atoms with Crippen LogP contribution in [0.15, 0.2) is 22.9 Å². The molecular weight excluding hydrogens is 352 g/mol. The Morgan fingerprint density at radius 2 is 2.26 bits per heavy atom. The molecule has 1 saturated heterocycles. The van der Waals surface area contributed by atoms with Gasteiger partial charge in [0.25, 0.3) is 0 Å². The van der Waals surface area contributed by atoms with Crippen LogP contribution in [0.3, 0.4) is 0 Å². The third kappa shape index (κ3) is 4.13. The Bertz CT molecular complexity index is 684. The van der Waals surface area contributed by atoms with Crippen LogP contribution >= 0.6 is 34.4 Å². The summed E-state index contributed by atoms with van der Waals surface area (Å²) in [5.74, 6) is 0.665. The standard InChI is InChI=1S/C15H16N2O3S3/c18-13(17-3-5-21-9-11(17)7-14(19)20)6-10-8-23-15(16-10)12-2-1-4-22-12/h1-2,4,8,11H,3,5-7,9H2,(H,19,20). The number of thiazole rings is 1. The fraction of sp³-hybridized carbons (Fsp3) is 0.400. The fourth-order valence-corrected chi connectivity index (χ4v) is 5.21. The molecule has 0 aliphatic carbocycles. The van der Waals surface area contributed by atoms with Gasteiger partial charge < -0.3 is 10.0 Å². The third-order valence-electron chi connectivity index (χ3n) is 3.57. The molecule has 0 saturated carbocycles. The second kappa shape index (κ2) is 7.46. The van der Waals surface area contributed by atoms with Crippen molar-refractivity contribution >= 4 is 46.3 Å². The molecular formula is C15H16N2O3S3. The van der Waals surface area contributed by atoms with Gasteiger partial charge in [0.1, 0.15) is 5.01 Å². The van der Waals surface area contributed by atoms with Crippen molar-refractivity contribution in [2.24, 2.45) is 0 Å². The van der Waals surface area contributed by atoms with E-state index in [-0.39, 0.29) is 24.8 Å². The van der Waals surface area contributed by atoms with Gasteiger partial charge in [0.05, 0.1) is 29.5 Å². The normalized spacial score (nSPS) is 18.1. The Hall–Kier alpha value is -1.38. The molecule has 1 amide bonds. The van der Waals surface area contributed by atoms with E-state index in [1.165, 1.54) is 11.3 Å². The predicted molar refractivity (Wildman–Crippen MR) is 94.2 cm³/mol. The molecule has 0 bridgehead atoms. The summed E-state index contributed by atoms with van der Waals surface area (Å²) in [5, 5.41) is 13.9. The van der Waals surface area contributed by atoms with Gasteiger partial charge in [-0.2, -0.15) is 11.8 Å². The molecule has 0 radical (unpaired) electrons. The molecule has 1 aliphatic heterocycles. The molecule has 5 nitrogen and oxygen atoms in total. The SMILES string of the molecule is O=C(O)CC1CSCCN1C(=O)Cc1csc(-c2cccs2)n1. The molecule has 2 aromatic heterocycles. The van der Waals surface area contributed by atoms with Crippen molar-refractivity contribution in [3.05, 3.63) is 28.6 Å². The number of carboxylic acid groups (broad SMARTS) is 1. The van der Waals surface area contributed by atoms with Crippen LogP contribution in [0.1, 0.15) is 12.1 Å². The number of thiophene rings is 1. The molecule has 1 N–H and O–H groups in total. The van der Waals surface area contributed by atoms with E-state index in [1.807, 2.05) is 22.9 Å². The number of aromatic nitrogens is 1. The molecule has 122 valence electrons. The van der Waals surface area contributed by atoms with E-state index in [4.69, 9.17) is 5.11 Å². The topological polar surface area (TPSA) is 70.5 Å². The largest absolute Gasteiger partial charge is 0.481 e. The van der Waals surface area contributed by atoms with E-state index in [0.29, 0.717) is 12.3 Å². The quantitative estimate of drug-likeness (QED) is 0.879. The maximum absolute atomic E-state index is 12.5. The lowest BCUT2D eigenvalue weighted by Crippen LogP contribution is -2.47. The van der Waals surface area contributed by atoms with Gasteiger partial charge in [-0.25, -0.2) is 4.98 Å². The van der Waals surface area contributed by atoms with E-state index in [1.54, 1.807) is 28.0 Å². The van der Waals surface area contributed by atoms with Crippen LogP contribution in [0, 0.1) is 0 Å². The van der Waals surface area contributed by atoms with Gasteiger partial charge in [0, 0.05) is 23.4 Å². The summed E-state index contributed by atoms with van der Waals surface area (Å²) in [6.45, 7) is 0.614. The summed E-state index contributed by atoms with van der Waals surface area (Å²) < 4.78 is 0. The van der Waals surface area contributed by atoms with Crippen molar-refractivity contribution in [1.29, 1.82) is 0 Å². The maximum Gasteiger partial charge on any atom is 0.305 e. The number of carboxylic acids is 1. The summed E-state index contributed by atoms with van der Waals surface area (Å²) in [7, 11) is 0. The summed E-state index contributed by atoms with van der Waals surface area (Å²) in [6.07, 6.45) is 0.249. The number of carbonyl (C=O) groups is 2. The second-order valence-electron chi connectivity index (χ2n) is 5.21. The van der Waals surface area contributed by atoms with Gasteiger partial charge >= 0.3 is 5.97 Å². The van der Waals surface area contributed by atoms with E-state index in [0.717, 1.165) is 21.3 Å². The van der Waals surface area contributed by atoms with Crippen LogP contribution in [-0.4, -0.2) is 51.0 Å². The average Bonchev–Trinajstić information content (AvgIpc) is 3.17. The zero-order valence-corrected chi connectivity index (χ0v) is 14.8. The summed E-state index contributed by atoms with van der Waals surface area (Å²) in [4.78, 5) is 30.9. The molecule has 1 fully saturated rings. The van der Waals surface area contributed by atoms with Gasteiger partial charge in [0.2, 0.25) is 5.91 Å². The summed E-state index contributed by atoms with van der Waals surface area (Å²) in [6, 6.07) is 3.78. The number of hydrogen-bond donors (Lipinski definition) is 1. The number of hydrogen-bond acceptors (Lipinski definition) is 6. The van der Waals surface area contributed by atoms with Crippen molar-refractivity contribution in [2.45, 2.75) is 18.9 Å². The molecule has 1 aliphatic rings. The number of amides is 1. The van der Waals surface area contributed by atoms with Gasteiger partial charge in [-0.1, -0.05) is 6.07 Å². The molecule has 8 heteroatoms. The van der Waals surface area contributed by atoms with E-state index in [2.05, 4.69) is 4.98 Å². The van der Waals surface area contributed by atoms with Crippen molar-refractivity contribution in [3.8, 4) is 9.88 Å². The van der Waals surface area contributed by atoms with Crippen molar-refractivity contribution in [2.75, 3.05) is 18.1 Å². The fourth-order valence-electron chi connectivity index (χ4n) is 2.51. The van der Waals surface area contributed by atoms with Crippen LogP contribution in [0.2, 0.25) is 0 Å². The highest BCUT2D eigenvalue weighted by Gasteiger charge is 2.29. The molecule has 3 rings (SSSR count). The number of thioether (sulfide) groups is 1. The number of nitrogens with zero attached hydrogens (tertiary/aromatic N) is 2. The van der Waals surface area contributed by atoms with Crippen molar-refractivity contribution < 1.29 is 14.7 Å². The van der Waals surface area contributed by atoms with Crippen LogP contribution in [0.25, 0.3) is 9.88 Å². The smallest absolute Gasteiger partial charge is 0.305 e. The van der Waals surface area contributed by atoms with Crippen LogP contribution in [0.5, 0.6) is 0 Å². The molecule has 23 heavy (non-hydrogen) atoms.